The summed E-state index contributed by atoms with van der Waals surface area (Å²) >= 11 is 0. The summed E-state index contributed by atoms with van der Waals surface area (Å²) in [4.78, 5) is 26.5. The van der Waals surface area contributed by atoms with Crippen LogP contribution in [0, 0.1) is 29.1 Å². The van der Waals surface area contributed by atoms with Crippen molar-refractivity contribution < 1.29 is 23.5 Å². The maximum absolute atomic E-state index is 13.3. The first-order chi connectivity index (χ1) is 22.2. The molecule has 2 aromatic rings. The summed E-state index contributed by atoms with van der Waals surface area (Å²) in [6, 6.07) is 21.3. The van der Waals surface area contributed by atoms with E-state index >= 15 is 0 Å². The number of carbonyl (C=O) groups is 2. The van der Waals surface area contributed by atoms with Gasteiger partial charge in [0.05, 0.1) is 17.9 Å². The molecule has 5 rings (SSSR count). The normalized spacial score (nSPS) is 28.2. The van der Waals surface area contributed by atoms with Gasteiger partial charge in [0.1, 0.15) is 12.2 Å². The van der Waals surface area contributed by atoms with Gasteiger partial charge in [-0.1, -0.05) is 120 Å². The minimum Gasteiger partial charge on any atom is -0.462 e. The maximum atomic E-state index is 13.3. The monoisotopic (exact) mass is 656 g/mol. The molecule has 1 heterocycles. The number of ether oxygens (including phenoxy) is 2. The van der Waals surface area contributed by atoms with Gasteiger partial charge in [0.25, 0.3) is 8.32 Å². The van der Waals surface area contributed by atoms with Crippen LogP contribution in [0.2, 0.25) is 5.04 Å². The number of rotatable bonds is 10. The highest BCUT2D eigenvalue weighted by Gasteiger charge is 2.52. The lowest BCUT2D eigenvalue weighted by molar-refractivity contribution is -0.165. The van der Waals surface area contributed by atoms with Gasteiger partial charge in [-0.3, -0.25) is 9.59 Å². The lowest BCUT2D eigenvalue weighted by Gasteiger charge is -2.46. The molecule has 1 saturated heterocycles. The third-order valence-electron chi connectivity index (χ3n) is 11.1. The van der Waals surface area contributed by atoms with E-state index in [0.29, 0.717) is 18.3 Å². The SMILES string of the molecule is CCC(C)(C)C(=O)O[C@H]1C[C@@H](C)C=C2C=C[C@H](C)[C@H](CC[C@@H]3C[C@@H](O[Si](c4ccccc4)(c4ccccc4)C(C)(C)C)CC(=O)O3)[C@H]21. The van der Waals surface area contributed by atoms with Crippen molar-refractivity contribution in [3.63, 3.8) is 0 Å². The van der Waals surface area contributed by atoms with E-state index in [9.17, 15) is 9.59 Å². The number of carbonyl (C=O) groups excluding carboxylic acids is 2. The smallest absolute Gasteiger partial charge is 0.311 e. The third kappa shape index (κ3) is 7.54. The molecule has 2 aliphatic carbocycles. The number of esters is 2. The summed E-state index contributed by atoms with van der Waals surface area (Å²) in [5.74, 6) is 0.824. The number of hydrogen-bond acceptors (Lipinski definition) is 5. The van der Waals surface area contributed by atoms with Crippen LogP contribution in [-0.2, 0) is 23.5 Å². The number of hydrogen-bond donors (Lipinski definition) is 0. The molecule has 0 radical (unpaired) electrons. The fraction of sp³-hybridized carbons (Fsp3) is 0.561. The minimum absolute atomic E-state index is 0.107. The van der Waals surface area contributed by atoms with E-state index in [0.717, 1.165) is 25.7 Å². The average Bonchev–Trinajstić information content (AvgIpc) is 3.03. The Hall–Kier alpha value is -2.96. The van der Waals surface area contributed by atoms with Gasteiger partial charge in [0, 0.05) is 12.3 Å². The predicted octanol–water partition coefficient (Wildman–Crippen LogP) is 8.17. The summed E-state index contributed by atoms with van der Waals surface area (Å²) in [5, 5.41) is 2.26. The highest BCUT2D eigenvalue weighted by Crippen LogP contribution is 2.46. The van der Waals surface area contributed by atoms with Crippen LogP contribution in [0.3, 0.4) is 0 Å². The fourth-order valence-electron chi connectivity index (χ4n) is 8.09. The molecule has 7 atom stereocenters. The summed E-state index contributed by atoms with van der Waals surface area (Å²) in [6.07, 6.45) is 10.5. The Kier molecular flexibility index (Phi) is 10.7. The standard InChI is InChI=1S/C41H56O5Si/c1-9-41(7,8)39(43)45-36-25-28(2)24-30-21-20-29(3)35(38(30)36)23-22-31-26-32(27-37(42)44-31)46-47(40(4,5)6,33-16-12-10-13-17-33)34-18-14-11-15-19-34/h10-21,24,28-29,31-32,35-36,38H,9,22-23,25-27H2,1-8H3/t28-,29-,31+,32+,35-,36-,38-/m0/s1. The molecule has 5 nitrogen and oxygen atoms in total. The Morgan fingerprint density at radius 3 is 2.11 bits per heavy atom. The topological polar surface area (TPSA) is 61.8 Å². The van der Waals surface area contributed by atoms with E-state index in [1.54, 1.807) is 0 Å². The van der Waals surface area contributed by atoms with Gasteiger partial charge in [-0.25, -0.2) is 0 Å². The number of allylic oxidation sites excluding steroid dienone is 3. The quantitative estimate of drug-likeness (QED) is 0.191. The van der Waals surface area contributed by atoms with Crippen LogP contribution in [-0.4, -0.2) is 38.6 Å². The molecule has 0 unspecified atom stereocenters. The summed E-state index contributed by atoms with van der Waals surface area (Å²) in [7, 11) is -2.81. The van der Waals surface area contributed by atoms with Gasteiger partial charge in [-0.15, -0.1) is 0 Å². The van der Waals surface area contributed by atoms with Crippen LogP contribution in [0.1, 0.15) is 93.9 Å². The number of cyclic esters (lactones) is 1. The van der Waals surface area contributed by atoms with Crippen molar-refractivity contribution in [2.45, 2.75) is 117 Å². The zero-order valence-corrected chi connectivity index (χ0v) is 30.8. The largest absolute Gasteiger partial charge is 0.462 e. The first-order valence-electron chi connectivity index (χ1n) is 17.8. The van der Waals surface area contributed by atoms with Crippen LogP contribution < -0.4 is 10.4 Å². The molecule has 0 bridgehead atoms. The third-order valence-corrected chi connectivity index (χ3v) is 16.2. The molecule has 0 spiro atoms. The van der Waals surface area contributed by atoms with E-state index in [-0.39, 0.29) is 53.5 Å². The minimum atomic E-state index is -2.81. The van der Waals surface area contributed by atoms with Crippen molar-refractivity contribution in [1.82, 2.24) is 0 Å². The Balaban J connectivity index is 1.37. The molecule has 0 saturated carbocycles. The van der Waals surface area contributed by atoms with Crippen molar-refractivity contribution in [3.8, 4) is 0 Å². The second kappa shape index (κ2) is 14.3. The van der Waals surface area contributed by atoms with Crippen LogP contribution in [0.4, 0.5) is 0 Å². The van der Waals surface area contributed by atoms with E-state index < -0.39 is 13.7 Å². The van der Waals surface area contributed by atoms with Crippen molar-refractivity contribution in [1.29, 1.82) is 0 Å². The van der Waals surface area contributed by atoms with Gasteiger partial charge in [0.2, 0.25) is 0 Å². The summed E-state index contributed by atoms with van der Waals surface area (Å²) < 4.78 is 19.8. The van der Waals surface area contributed by atoms with Crippen molar-refractivity contribution in [3.05, 3.63) is 84.5 Å². The summed E-state index contributed by atoms with van der Waals surface area (Å²) in [6.45, 7) is 17.3. The van der Waals surface area contributed by atoms with E-state index in [4.69, 9.17) is 13.9 Å². The molecule has 0 aromatic heterocycles. The molecule has 0 N–H and O–H groups in total. The van der Waals surface area contributed by atoms with Gasteiger partial charge in [-0.05, 0) is 78.3 Å². The summed E-state index contributed by atoms with van der Waals surface area (Å²) in [5.41, 5.74) is 0.777. The second-order valence-electron chi connectivity index (χ2n) is 16.0. The number of benzene rings is 2. The molecule has 254 valence electrons. The van der Waals surface area contributed by atoms with Gasteiger partial charge in [-0.2, -0.15) is 0 Å². The van der Waals surface area contributed by atoms with Crippen molar-refractivity contribution in [2.75, 3.05) is 0 Å². The van der Waals surface area contributed by atoms with Crippen LogP contribution in [0.5, 0.6) is 0 Å². The van der Waals surface area contributed by atoms with Crippen LogP contribution in [0.15, 0.2) is 84.5 Å². The van der Waals surface area contributed by atoms with Crippen LogP contribution in [0.25, 0.3) is 0 Å². The lowest BCUT2D eigenvalue weighted by Crippen LogP contribution is -2.68. The molecule has 47 heavy (non-hydrogen) atoms. The maximum Gasteiger partial charge on any atom is 0.311 e. The van der Waals surface area contributed by atoms with Gasteiger partial charge >= 0.3 is 11.9 Å². The Morgan fingerprint density at radius 1 is 0.915 bits per heavy atom. The average molecular weight is 657 g/mol. The molecule has 2 aromatic carbocycles. The first kappa shape index (κ1) is 35.3. The first-order valence-corrected chi connectivity index (χ1v) is 19.8. The molecule has 0 amide bonds. The Morgan fingerprint density at radius 2 is 1.53 bits per heavy atom. The lowest BCUT2D eigenvalue weighted by atomic mass is 9.65. The number of fused-ring (bicyclic) bond motifs is 1. The second-order valence-corrected chi connectivity index (χ2v) is 20.3. The Labute approximate surface area is 284 Å². The van der Waals surface area contributed by atoms with E-state index in [1.807, 2.05) is 20.8 Å². The van der Waals surface area contributed by atoms with Gasteiger partial charge < -0.3 is 13.9 Å². The molecule has 3 aliphatic rings. The molecule has 1 fully saturated rings. The fourth-order valence-corrected chi connectivity index (χ4v) is 12.8. The van der Waals surface area contributed by atoms with Crippen molar-refractivity contribution in [2.24, 2.45) is 29.1 Å². The van der Waals surface area contributed by atoms with Crippen LogP contribution >= 0.6 is 0 Å². The zero-order chi connectivity index (χ0) is 34.0. The predicted molar refractivity (Wildman–Crippen MR) is 192 cm³/mol. The zero-order valence-electron chi connectivity index (χ0n) is 29.8. The highest BCUT2D eigenvalue weighted by molar-refractivity contribution is 6.99. The Bertz CT molecular complexity index is 1400. The van der Waals surface area contributed by atoms with Crippen molar-refractivity contribution >= 4 is 30.6 Å². The molecule has 1 aliphatic heterocycles. The molecular formula is C41H56O5Si. The molecular weight excluding hydrogens is 601 g/mol. The van der Waals surface area contributed by atoms with E-state index in [2.05, 4.69) is 114 Å². The molecule has 6 heteroatoms. The highest BCUT2D eigenvalue weighted by atomic mass is 28.4. The van der Waals surface area contributed by atoms with E-state index in [1.165, 1.54) is 15.9 Å². The van der Waals surface area contributed by atoms with Gasteiger partial charge in [0.15, 0.2) is 0 Å².